The molecule has 21 nitrogen and oxygen atoms in total. The highest BCUT2D eigenvalue weighted by Gasteiger charge is 2.36. The lowest BCUT2D eigenvalue weighted by atomic mass is 10.0. The summed E-state index contributed by atoms with van der Waals surface area (Å²) >= 11 is 33.6. The topological polar surface area (TPSA) is 308 Å². The van der Waals surface area contributed by atoms with Gasteiger partial charge in [-0.2, -0.15) is 0 Å². The zero-order valence-corrected chi connectivity index (χ0v) is 55.3. The second kappa shape index (κ2) is 35.7. The number of hydrogen-bond acceptors (Lipinski definition) is 15. The zero-order valence-electron chi connectivity index (χ0n) is 50.7. The first-order valence-electron chi connectivity index (χ1n) is 28.9. The number of aliphatic carboxylic acids is 1. The van der Waals surface area contributed by atoms with E-state index in [1.54, 1.807) is 52.8 Å². The molecule has 0 spiro atoms. The number of ether oxygens (including phenoxy) is 2. The van der Waals surface area contributed by atoms with Crippen molar-refractivity contribution in [3.63, 3.8) is 0 Å². The molecule has 5 amide bonds. The van der Waals surface area contributed by atoms with E-state index < -0.39 is 98.3 Å². The molecule has 0 aliphatic carbocycles. The van der Waals surface area contributed by atoms with E-state index in [1.165, 1.54) is 16.9 Å². The number of benzene rings is 4. The Hall–Kier alpha value is -5.82. The average molecular weight is 1360 g/mol. The van der Waals surface area contributed by atoms with Crippen molar-refractivity contribution in [2.24, 2.45) is 17.6 Å². The standard InChI is InChI=1S/C31H39Cl3N4O6.C16H16O3.C15H25Cl3N4O4/c1-18(2)27(36-26(40)9-5-7-21-10-11-22-12-13-23(20(4)39)16-24(22)15-21)28(41)35-19(3)29(42)38-14-6-8-25(37-38)30(43)44-17-31(32,33)34;1-11(17)14-8-7-13-6-5-12(9-15(13)10-14)3-2-4-16(18)19;1-8(2)11(19)12(23)20-9(3)13(24)22-6-4-5-10(21-22)14(25)26-7-15(16,17)18/h5,7,10-13,15-16,18-20,25,27,37,39H,6,8-9,14,17H2,1-4H3,(H,35,41)(H,36,40);2-3,5-11,17H,4H2,1H3,(H,18,19);8-11,21H,4-7,19H2,1-3H3,(H,20,23)/b7-5+;3-2+;/t19-,20+,25-,27-;11-;9-,10-,11-/m010/s1. The number of rotatable bonds is 21. The van der Waals surface area contributed by atoms with E-state index in [2.05, 4.69) is 26.8 Å². The highest BCUT2D eigenvalue weighted by molar-refractivity contribution is 6.68. The number of hydrazine groups is 2. The quantitative estimate of drug-likeness (QED) is 0.0278. The molecule has 27 heteroatoms. The van der Waals surface area contributed by atoms with Crippen molar-refractivity contribution in [3.05, 3.63) is 107 Å². The molecule has 0 radical (unpaired) electrons. The Kier molecular flexibility index (Phi) is 30.3. The van der Waals surface area contributed by atoms with Gasteiger partial charge in [-0.15, -0.1) is 0 Å². The van der Waals surface area contributed by atoms with Gasteiger partial charge in [0.2, 0.25) is 25.3 Å². The normalized spacial score (nSPS) is 17.5. The maximum absolute atomic E-state index is 13.1. The van der Waals surface area contributed by atoms with Crippen molar-refractivity contribution in [1.29, 1.82) is 0 Å². The molecule has 2 saturated heterocycles. The number of carboxylic acids is 1. The van der Waals surface area contributed by atoms with Crippen LogP contribution in [-0.4, -0.2) is 143 Å². The van der Waals surface area contributed by atoms with Gasteiger partial charge in [0.05, 0.1) is 24.7 Å². The summed E-state index contributed by atoms with van der Waals surface area (Å²) in [7, 11) is 0. The third-order valence-electron chi connectivity index (χ3n) is 13.9. The fraction of sp³-hybridized carbons (Fsp3) is 0.484. The Morgan fingerprint density at radius 1 is 0.584 bits per heavy atom. The van der Waals surface area contributed by atoms with E-state index in [-0.39, 0.29) is 43.1 Å². The fourth-order valence-electron chi connectivity index (χ4n) is 8.90. The number of aliphatic hydroxyl groups excluding tert-OH is 2. The molecule has 0 saturated carbocycles. The maximum Gasteiger partial charge on any atom is 0.325 e. The lowest BCUT2D eigenvalue weighted by Gasteiger charge is -2.34. The van der Waals surface area contributed by atoms with Crippen molar-refractivity contribution in [2.45, 2.75) is 150 Å². The maximum atomic E-state index is 13.1. The number of nitrogens with two attached hydrogens (primary N) is 1. The number of nitrogens with zero attached hydrogens (tertiary/aromatic N) is 2. The molecular weight excluding hydrogens is 1280 g/mol. The van der Waals surface area contributed by atoms with Crippen molar-refractivity contribution in [2.75, 3.05) is 26.3 Å². The van der Waals surface area contributed by atoms with Crippen LogP contribution >= 0.6 is 69.6 Å². The Balaban J connectivity index is 0.000000317. The van der Waals surface area contributed by atoms with Gasteiger partial charge in [-0.25, -0.2) is 10.9 Å². The van der Waals surface area contributed by atoms with Crippen LogP contribution in [0.2, 0.25) is 0 Å². The molecule has 6 rings (SSSR count). The number of carboxylic acid groups (broad SMARTS) is 1. The zero-order chi connectivity index (χ0) is 66.5. The minimum Gasteiger partial charge on any atom is -0.481 e. The summed E-state index contributed by atoms with van der Waals surface area (Å²) in [6.45, 7) is 13.7. The van der Waals surface area contributed by atoms with Gasteiger partial charge >= 0.3 is 17.9 Å². The van der Waals surface area contributed by atoms with Crippen LogP contribution in [0.1, 0.15) is 128 Å². The Morgan fingerprint density at radius 3 is 1.37 bits per heavy atom. The van der Waals surface area contributed by atoms with Gasteiger partial charge in [0.1, 0.15) is 43.4 Å². The Bertz CT molecular complexity index is 3150. The third-order valence-corrected chi connectivity index (χ3v) is 14.6. The molecule has 0 bridgehead atoms. The van der Waals surface area contributed by atoms with Crippen LogP contribution in [0.3, 0.4) is 0 Å². The molecule has 10 N–H and O–H groups in total. The lowest BCUT2D eigenvalue weighted by molar-refractivity contribution is -0.154. The summed E-state index contributed by atoms with van der Waals surface area (Å²) in [5.41, 5.74) is 14.9. The van der Waals surface area contributed by atoms with E-state index in [9.17, 15) is 48.6 Å². The van der Waals surface area contributed by atoms with Crippen molar-refractivity contribution >= 4 is 151 Å². The lowest BCUT2D eigenvalue weighted by Crippen LogP contribution is -2.61. The number of fused-ring (bicyclic) bond motifs is 2. The van der Waals surface area contributed by atoms with E-state index in [0.717, 1.165) is 43.8 Å². The minimum absolute atomic E-state index is 0.0196. The van der Waals surface area contributed by atoms with Crippen LogP contribution in [0, 0.1) is 11.8 Å². The number of carbonyl (C=O) groups is 8. The van der Waals surface area contributed by atoms with Gasteiger partial charge in [0.25, 0.3) is 11.8 Å². The molecule has 2 aliphatic rings. The second-order valence-corrected chi connectivity index (χ2v) is 27.3. The van der Waals surface area contributed by atoms with Gasteiger partial charge in [0.15, 0.2) is 0 Å². The van der Waals surface area contributed by atoms with Crippen LogP contribution in [-0.2, 0) is 47.8 Å². The highest BCUT2D eigenvalue weighted by atomic mass is 35.6. The molecule has 89 heavy (non-hydrogen) atoms. The SMILES string of the molecule is CC(C)[C@H](N)C(=O)N[C@@H](C)C(=O)N1CCC[C@@H](C(=O)OCC(Cl)(Cl)Cl)N1.CC(C)[C@H](NC(=O)C/C=C/c1ccc2ccc([C@@H](C)O)cc2c1)C(=O)N[C@@H](C)C(=O)N1CCC[C@@H](C(=O)OCC(Cl)(Cl)Cl)N1.C[C@@H](O)c1ccc2ccc(/C=C/CC(=O)O)cc2c1. The fourth-order valence-corrected chi connectivity index (χ4v) is 9.23. The molecule has 4 aromatic rings. The summed E-state index contributed by atoms with van der Waals surface area (Å²) in [6, 6.07) is 18.6. The second-order valence-electron chi connectivity index (χ2n) is 22.3. The molecule has 2 heterocycles. The number of nitrogens with one attached hydrogen (secondary N) is 5. The number of halogens is 6. The number of alkyl halides is 6. The van der Waals surface area contributed by atoms with Crippen LogP contribution < -0.4 is 32.5 Å². The summed E-state index contributed by atoms with van der Waals surface area (Å²) in [6.07, 6.45) is 7.96. The monoisotopic (exact) mass is 1350 g/mol. The van der Waals surface area contributed by atoms with Gasteiger partial charge in [-0.05, 0) is 133 Å². The van der Waals surface area contributed by atoms with Crippen molar-refractivity contribution in [1.82, 2.24) is 36.8 Å². The highest BCUT2D eigenvalue weighted by Crippen LogP contribution is 2.28. The molecule has 2 aliphatic heterocycles. The van der Waals surface area contributed by atoms with Crippen LogP contribution in [0.5, 0.6) is 0 Å². The number of carbonyl (C=O) groups excluding carboxylic acids is 7. The smallest absolute Gasteiger partial charge is 0.325 e. The van der Waals surface area contributed by atoms with E-state index >= 15 is 0 Å². The van der Waals surface area contributed by atoms with Gasteiger partial charge in [0, 0.05) is 19.5 Å². The van der Waals surface area contributed by atoms with Crippen molar-refractivity contribution < 1.29 is 63.1 Å². The van der Waals surface area contributed by atoms with Crippen LogP contribution in [0.4, 0.5) is 0 Å². The van der Waals surface area contributed by atoms with E-state index in [4.69, 9.17) is 89.9 Å². The molecular formula is C62H80Cl6N8O13. The first-order valence-corrected chi connectivity index (χ1v) is 31.2. The van der Waals surface area contributed by atoms with E-state index in [0.29, 0.717) is 38.8 Å². The first kappa shape index (κ1) is 75.6. The third kappa shape index (κ3) is 26.1. The van der Waals surface area contributed by atoms with Gasteiger partial charge in [-0.3, -0.25) is 48.4 Å². The first-order chi connectivity index (χ1) is 41.6. The van der Waals surface area contributed by atoms with Crippen molar-refractivity contribution in [3.8, 4) is 0 Å². The Labute approximate surface area is 548 Å². The predicted octanol–water partition coefficient (Wildman–Crippen LogP) is 8.62. The van der Waals surface area contributed by atoms with Gasteiger partial charge < -0.3 is 46.5 Å². The number of amides is 5. The average Bonchev–Trinajstić information content (AvgIpc) is 1.79. The number of hydrogen-bond donors (Lipinski definition) is 9. The summed E-state index contributed by atoms with van der Waals surface area (Å²) < 4.78 is 6.50. The molecule has 0 aromatic heterocycles. The summed E-state index contributed by atoms with van der Waals surface area (Å²) in [5, 5.41) is 42.8. The molecule has 488 valence electrons. The van der Waals surface area contributed by atoms with Gasteiger partial charge in [-0.1, -0.05) is 170 Å². The summed E-state index contributed by atoms with van der Waals surface area (Å²) in [5.74, 6) is -4.51. The Morgan fingerprint density at radius 2 is 0.989 bits per heavy atom. The summed E-state index contributed by atoms with van der Waals surface area (Å²) in [4.78, 5) is 98.2. The van der Waals surface area contributed by atoms with Crippen LogP contribution in [0.15, 0.2) is 84.9 Å². The largest absolute Gasteiger partial charge is 0.481 e. The minimum atomic E-state index is -1.75. The number of aliphatic hydroxyl groups is 2. The molecule has 2 fully saturated rings. The number of esters is 2. The predicted molar refractivity (Wildman–Crippen MR) is 347 cm³/mol. The molecule has 8 atom stereocenters. The van der Waals surface area contributed by atoms with Crippen LogP contribution in [0.25, 0.3) is 33.7 Å². The van der Waals surface area contributed by atoms with E-state index in [1.807, 2.05) is 92.7 Å². The molecule has 0 unspecified atom stereocenters. The molecule has 4 aromatic carbocycles.